The maximum absolute atomic E-state index is 13.6. The molecule has 0 saturated carbocycles. The Balaban J connectivity index is 1.42. The minimum atomic E-state index is -0.287. The van der Waals surface area contributed by atoms with E-state index in [9.17, 15) is 4.79 Å². The second-order valence-electron chi connectivity index (χ2n) is 9.32. The Morgan fingerprint density at radius 1 is 1.21 bits per heavy atom. The third-order valence-corrected chi connectivity index (χ3v) is 7.41. The molecule has 0 bridgehead atoms. The third-order valence-electron chi connectivity index (χ3n) is 6.41. The number of H-pyrrole nitrogens is 1. The first-order valence-electron chi connectivity index (χ1n) is 11.4. The summed E-state index contributed by atoms with van der Waals surface area (Å²) in [5, 5.41) is 0.785. The van der Waals surface area contributed by atoms with E-state index in [1.54, 1.807) is 13.3 Å². The van der Waals surface area contributed by atoms with Gasteiger partial charge in [0.1, 0.15) is 16.6 Å². The summed E-state index contributed by atoms with van der Waals surface area (Å²) < 4.78 is 5.43. The second kappa shape index (κ2) is 8.80. The molecule has 0 unspecified atom stereocenters. The minimum absolute atomic E-state index is 0.0644. The van der Waals surface area contributed by atoms with Crippen LogP contribution in [0.1, 0.15) is 38.7 Å². The zero-order chi connectivity index (χ0) is 23.9. The van der Waals surface area contributed by atoms with Crippen LogP contribution in [0.2, 0.25) is 0 Å². The number of carbonyl (C=O) groups excluding carboxylic acids is 1. The standard InChI is InChI=1S/C27H28N4O2S/c1-17-15-27(2,3)31(23-12-11-18(33-4)14-20(17)23)24(32)16-34-26-19(8-7-13-28-26)25-29-21-9-5-6-10-22(21)30-25/h5-14,17H,15-16H2,1-4H3,(H,29,30)/t17-/m0/s1. The molecule has 0 aliphatic carbocycles. The van der Waals surface area contributed by atoms with Gasteiger partial charge in [0.2, 0.25) is 5.91 Å². The summed E-state index contributed by atoms with van der Waals surface area (Å²) in [6.45, 7) is 6.49. The monoisotopic (exact) mass is 472 g/mol. The number of aromatic nitrogens is 3. The van der Waals surface area contributed by atoms with Crippen molar-refractivity contribution in [3.8, 4) is 17.1 Å². The van der Waals surface area contributed by atoms with Crippen molar-refractivity contribution < 1.29 is 9.53 Å². The number of nitrogens with one attached hydrogen (secondary N) is 1. The number of fused-ring (bicyclic) bond motifs is 2. The summed E-state index contributed by atoms with van der Waals surface area (Å²) in [6.07, 6.45) is 2.64. The van der Waals surface area contributed by atoms with Crippen molar-refractivity contribution in [2.75, 3.05) is 17.8 Å². The van der Waals surface area contributed by atoms with Crippen molar-refractivity contribution in [3.63, 3.8) is 0 Å². The lowest BCUT2D eigenvalue weighted by molar-refractivity contribution is -0.117. The van der Waals surface area contributed by atoms with Gasteiger partial charge in [-0.15, -0.1) is 0 Å². The molecule has 4 aromatic rings. The molecule has 2 aromatic heterocycles. The van der Waals surface area contributed by atoms with E-state index in [0.717, 1.165) is 50.9 Å². The van der Waals surface area contributed by atoms with Crippen LogP contribution in [0.3, 0.4) is 0 Å². The molecule has 3 heterocycles. The highest BCUT2D eigenvalue weighted by Crippen LogP contribution is 2.45. The summed E-state index contributed by atoms with van der Waals surface area (Å²) >= 11 is 1.45. The predicted molar refractivity (Wildman–Crippen MR) is 138 cm³/mol. The number of amides is 1. The van der Waals surface area contributed by atoms with Crippen molar-refractivity contribution in [2.45, 2.75) is 43.7 Å². The summed E-state index contributed by atoms with van der Waals surface area (Å²) in [5.41, 5.74) is 4.61. The van der Waals surface area contributed by atoms with Crippen LogP contribution >= 0.6 is 11.8 Å². The molecular weight excluding hydrogens is 444 g/mol. The molecule has 1 N–H and O–H groups in total. The summed E-state index contributed by atoms with van der Waals surface area (Å²) in [5.74, 6) is 2.26. The minimum Gasteiger partial charge on any atom is -0.497 e. The first kappa shape index (κ1) is 22.5. The summed E-state index contributed by atoms with van der Waals surface area (Å²) in [7, 11) is 1.67. The number of thioether (sulfide) groups is 1. The molecule has 1 aliphatic rings. The largest absolute Gasteiger partial charge is 0.497 e. The molecule has 1 aliphatic heterocycles. The third kappa shape index (κ3) is 4.05. The van der Waals surface area contributed by atoms with Crippen LogP contribution in [-0.4, -0.2) is 39.3 Å². The fourth-order valence-electron chi connectivity index (χ4n) is 4.97. The Morgan fingerprint density at radius 3 is 2.82 bits per heavy atom. The molecule has 1 amide bonds. The average Bonchev–Trinajstić information content (AvgIpc) is 3.26. The molecule has 34 heavy (non-hydrogen) atoms. The van der Waals surface area contributed by atoms with E-state index in [0.29, 0.717) is 5.92 Å². The first-order chi connectivity index (χ1) is 16.4. The molecule has 6 nitrogen and oxygen atoms in total. The quantitative estimate of drug-likeness (QED) is 0.358. The molecule has 0 fully saturated rings. The highest BCUT2D eigenvalue weighted by molar-refractivity contribution is 8.00. The van der Waals surface area contributed by atoms with E-state index in [1.807, 2.05) is 53.4 Å². The van der Waals surface area contributed by atoms with Crippen molar-refractivity contribution in [1.82, 2.24) is 15.0 Å². The highest BCUT2D eigenvalue weighted by atomic mass is 32.2. The number of aromatic amines is 1. The van der Waals surface area contributed by atoms with Gasteiger partial charge in [0.25, 0.3) is 0 Å². The van der Waals surface area contributed by atoms with Crippen LogP contribution in [0.25, 0.3) is 22.4 Å². The zero-order valence-corrected chi connectivity index (χ0v) is 20.6. The Bertz CT molecular complexity index is 1330. The van der Waals surface area contributed by atoms with Gasteiger partial charge in [-0.2, -0.15) is 0 Å². The van der Waals surface area contributed by atoms with Crippen LogP contribution in [0.5, 0.6) is 5.75 Å². The van der Waals surface area contributed by atoms with E-state index in [2.05, 4.69) is 36.8 Å². The molecule has 0 spiro atoms. The number of nitrogens with zero attached hydrogens (tertiary/aromatic N) is 3. The molecule has 7 heteroatoms. The van der Waals surface area contributed by atoms with Gasteiger partial charge in [0.05, 0.1) is 23.9 Å². The van der Waals surface area contributed by atoms with Crippen molar-refractivity contribution in [1.29, 1.82) is 0 Å². The zero-order valence-electron chi connectivity index (χ0n) is 19.8. The number of methoxy groups -OCH3 is 1. The molecule has 174 valence electrons. The van der Waals surface area contributed by atoms with E-state index in [1.165, 1.54) is 11.8 Å². The smallest absolute Gasteiger partial charge is 0.237 e. The number of hydrogen-bond donors (Lipinski definition) is 1. The maximum Gasteiger partial charge on any atom is 0.237 e. The Morgan fingerprint density at radius 2 is 2.03 bits per heavy atom. The van der Waals surface area contributed by atoms with E-state index in [4.69, 9.17) is 9.72 Å². The number of para-hydroxylation sites is 2. The van der Waals surface area contributed by atoms with E-state index >= 15 is 0 Å². The summed E-state index contributed by atoms with van der Waals surface area (Å²) in [6, 6.07) is 17.8. The number of anilines is 1. The normalized spacial score (nSPS) is 16.9. The SMILES string of the molecule is COc1ccc2c(c1)[C@@H](C)CC(C)(C)N2C(=O)CSc1ncccc1-c1nc2ccccc2[nH]1. The van der Waals surface area contributed by atoms with E-state index < -0.39 is 0 Å². The molecular formula is C27H28N4O2S. The molecule has 0 radical (unpaired) electrons. The van der Waals surface area contributed by atoms with Crippen LogP contribution < -0.4 is 9.64 Å². The van der Waals surface area contributed by atoms with Gasteiger partial charge in [0, 0.05) is 23.0 Å². The van der Waals surface area contributed by atoms with Gasteiger partial charge in [-0.3, -0.25) is 4.79 Å². The first-order valence-corrected chi connectivity index (χ1v) is 12.4. The number of hydrogen-bond acceptors (Lipinski definition) is 5. The van der Waals surface area contributed by atoms with Crippen molar-refractivity contribution >= 4 is 34.4 Å². The highest BCUT2D eigenvalue weighted by Gasteiger charge is 2.40. The van der Waals surface area contributed by atoms with E-state index in [-0.39, 0.29) is 17.2 Å². The Labute approximate surface area is 203 Å². The predicted octanol–water partition coefficient (Wildman–Crippen LogP) is 6.04. The maximum atomic E-state index is 13.6. The fourth-order valence-corrected chi connectivity index (χ4v) is 5.81. The van der Waals surface area contributed by atoms with Crippen LogP contribution in [0, 0.1) is 0 Å². The second-order valence-corrected chi connectivity index (χ2v) is 10.3. The fraction of sp³-hybridized carbons (Fsp3) is 0.296. The average molecular weight is 473 g/mol. The van der Waals surface area contributed by atoms with Gasteiger partial charge < -0.3 is 14.6 Å². The van der Waals surface area contributed by atoms with Crippen LogP contribution in [-0.2, 0) is 4.79 Å². The number of rotatable bonds is 5. The van der Waals surface area contributed by atoms with Crippen molar-refractivity contribution in [2.24, 2.45) is 0 Å². The van der Waals surface area contributed by atoms with Crippen LogP contribution in [0.15, 0.2) is 65.8 Å². The number of imidazole rings is 1. The summed E-state index contributed by atoms with van der Waals surface area (Å²) in [4.78, 5) is 28.2. The molecule has 5 rings (SSSR count). The number of pyridine rings is 1. The van der Waals surface area contributed by atoms with Crippen LogP contribution in [0.4, 0.5) is 5.69 Å². The lowest BCUT2D eigenvalue weighted by Gasteiger charge is -2.46. The molecule has 0 saturated heterocycles. The van der Waals surface area contributed by atoms with Crippen molar-refractivity contribution in [3.05, 3.63) is 66.4 Å². The topological polar surface area (TPSA) is 71.1 Å². The number of carbonyl (C=O) groups is 1. The Kier molecular flexibility index (Phi) is 5.81. The molecule has 2 aromatic carbocycles. The number of ether oxygens (including phenoxy) is 1. The Hall–Kier alpha value is -3.32. The lowest BCUT2D eigenvalue weighted by Crippen LogP contribution is -2.52. The van der Waals surface area contributed by atoms with Gasteiger partial charge in [-0.1, -0.05) is 30.8 Å². The van der Waals surface area contributed by atoms with Gasteiger partial charge in [-0.25, -0.2) is 9.97 Å². The van der Waals surface area contributed by atoms with Gasteiger partial charge in [0.15, 0.2) is 0 Å². The molecule has 1 atom stereocenters. The lowest BCUT2D eigenvalue weighted by atomic mass is 9.80. The van der Waals surface area contributed by atoms with Gasteiger partial charge >= 0.3 is 0 Å². The van der Waals surface area contributed by atoms with Gasteiger partial charge in [-0.05, 0) is 74.2 Å². The number of benzene rings is 2.